The SMILES string of the molecule is CNc1cc(C)c(/C=C/S(=O)(=O)N2CCC3(CC2)N=C(CCCCCCCCC(F)(F)F)NC3=O)c(C)c1. The van der Waals surface area contributed by atoms with Gasteiger partial charge in [0.05, 0.1) is 0 Å². The second kappa shape index (κ2) is 12.6. The van der Waals surface area contributed by atoms with Crippen molar-refractivity contribution >= 4 is 33.5 Å². The molecule has 1 spiro atoms. The van der Waals surface area contributed by atoms with E-state index < -0.39 is 28.2 Å². The smallest absolute Gasteiger partial charge is 0.388 e. The molecule has 2 aliphatic heterocycles. The number of halogens is 3. The molecule has 1 amide bonds. The number of amides is 1. The van der Waals surface area contributed by atoms with E-state index in [1.165, 1.54) is 9.71 Å². The van der Waals surface area contributed by atoms with Crippen LogP contribution in [0.25, 0.3) is 6.08 Å². The Kier molecular flexibility index (Phi) is 10.0. The molecule has 0 aromatic heterocycles. The fourth-order valence-electron chi connectivity index (χ4n) is 5.10. The van der Waals surface area contributed by atoms with Crippen molar-refractivity contribution in [2.45, 2.75) is 89.8 Å². The number of anilines is 1. The molecule has 2 heterocycles. The molecule has 1 saturated heterocycles. The van der Waals surface area contributed by atoms with E-state index in [9.17, 15) is 26.4 Å². The number of benzene rings is 1. The quantitative estimate of drug-likeness (QED) is 0.324. The zero-order valence-corrected chi connectivity index (χ0v) is 23.3. The van der Waals surface area contributed by atoms with Gasteiger partial charge in [0, 0.05) is 44.1 Å². The van der Waals surface area contributed by atoms with Gasteiger partial charge in [0.1, 0.15) is 11.4 Å². The third kappa shape index (κ3) is 8.05. The Hall–Kier alpha value is -2.40. The Morgan fingerprint density at radius 2 is 1.63 bits per heavy atom. The van der Waals surface area contributed by atoms with Crippen molar-refractivity contribution in [2.24, 2.45) is 4.99 Å². The first kappa shape index (κ1) is 30.1. The maximum Gasteiger partial charge on any atom is 0.389 e. The normalized spacial score (nSPS) is 18.3. The van der Waals surface area contributed by atoms with E-state index >= 15 is 0 Å². The van der Waals surface area contributed by atoms with Crippen LogP contribution in [0.5, 0.6) is 0 Å². The Balaban J connectivity index is 1.48. The Morgan fingerprint density at radius 1 is 1.05 bits per heavy atom. The number of hydrogen-bond donors (Lipinski definition) is 2. The minimum absolute atomic E-state index is 0.167. The molecule has 1 aromatic rings. The number of aryl methyl sites for hydroxylation is 2. The number of hydrogen-bond acceptors (Lipinski definition) is 5. The highest BCUT2D eigenvalue weighted by Gasteiger charge is 2.46. The molecule has 1 fully saturated rings. The van der Waals surface area contributed by atoms with Crippen molar-refractivity contribution in [3.63, 3.8) is 0 Å². The van der Waals surface area contributed by atoms with E-state index in [1.807, 2.05) is 33.0 Å². The molecule has 38 heavy (non-hydrogen) atoms. The summed E-state index contributed by atoms with van der Waals surface area (Å²) in [4.78, 5) is 17.4. The van der Waals surface area contributed by atoms with Crippen molar-refractivity contribution in [1.82, 2.24) is 9.62 Å². The predicted molar refractivity (Wildman–Crippen MR) is 146 cm³/mol. The van der Waals surface area contributed by atoms with Gasteiger partial charge in [0.2, 0.25) is 10.0 Å². The van der Waals surface area contributed by atoms with Gasteiger partial charge in [0.15, 0.2) is 0 Å². The number of alkyl halides is 3. The first-order chi connectivity index (χ1) is 17.8. The maximum absolute atomic E-state index is 13.0. The first-order valence-corrected chi connectivity index (χ1v) is 14.8. The van der Waals surface area contributed by atoms with Crippen LogP contribution in [0.15, 0.2) is 22.5 Å². The van der Waals surface area contributed by atoms with Crippen molar-refractivity contribution in [3.8, 4) is 0 Å². The lowest BCUT2D eigenvalue weighted by molar-refractivity contribution is -0.135. The zero-order chi connectivity index (χ0) is 28.0. The molecule has 7 nitrogen and oxygen atoms in total. The molecule has 212 valence electrons. The van der Waals surface area contributed by atoms with Crippen LogP contribution in [0, 0.1) is 13.8 Å². The van der Waals surface area contributed by atoms with Gasteiger partial charge < -0.3 is 10.6 Å². The van der Waals surface area contributed by atoms with Crippen LogP contribution >= 0.6 is 0 Å². The van der Waals surface area contributed by atoms with Gasteiger partial charge in [-0.25, -0.2) is 8.42 Å². The zero-order valence-electron chi connectivity index (χ0n) is 22.5. The molecular formula is C27H39F3N4O3S. The highest BCUT2D eigenvalue weighted by Crippen LogP contribution is 2.32. The summed E-state index contributed by atoms with van der Waals surface area (Å²) in [6.45, 7) is 4.31. The fraction of sp³-hybridized carbons (Fsp3) is 0.630. The van der Waals surface area contributed by atoms with E-state index in [2.05, 4.69) is 15.6 Å². The van der Waals surface area contributed by atoms with Crippen molar-refractivity contribution in [2.75, 3.05) is 25.5 Å². The number of amidine groups is 1. The summed E-state index contributed by atoms with van der Waals surface area (Å²) in [6, 6.07) is 3.94. The number of carbonyl (C=O) groups is 1. The van der Waals surface area contributed by atoms with Gasteiger partial charge in [-0.2, -0.15) is 17.5 Å². The van der Waals surface area contributed by atoms with Gasteiger partial charge in [-0.3, -0.25) is 9.79 Å². The second-order valence-corrected chi connectivity index (χ2v) is 12.1. The lowest BCUT2D eigenvalue weighted by Crippen LogP contribution is -2.50. The van der Waals surface area contributed by atoms with Gasteiger partial charge in [0.25, 0.3) is 5.91 Å². The number of nitrogens with one attached hydrogen (secondary N) is 2. The molecule has 2 aliphatic rings. The summed E-state index contributed by atoms with van der Waals surface area (Å²) in [5, 5.41) is 7.20. The molecule has 11 heteroatoms. The van der Waals surface area contributed by atoms with E-state index in [-0.39, 0.29) is 25.4 Å². The average molecular weight is 557 g/mol. The van der Waals surface area contributed by atoms with Crippen molar-refractivity contribution in [3.05, 3.63) is 34.2 Å². The highest BCUT2D eigenvalue weighted by molar-refractivity contribution is 7.92. The lowest BCUT2D eigenvalue weighted by Gasteiger charge is -2.34. The summed E-state index contributed by atoms with van der Waals surface area (Å²) in [6.07, 6.45) is 2.09. The molecular weight excluding hydrogens is 517 g/mol. The number of rotatable bonds is 12. The monoisotopic (exact) mass is 556 g/mol. The molecule has 2 N–H and O–H groups in total. The molecule has 3 rings (SSSR count). The van der Waals surface area contributed by atoms with Crippen LogP contribution in [0.2, 0.25) is 0 Å². The minimum Gasteiger partial charge on any atom is -0.388 e. The third-order valence-corrected chi connectivity index (χ3v) is 8.92. The largest absolute Gasteiger partial charge is 0.389 e. The summed E-state index contributed by atoms with van der Waals surface area (Å²) < 4.78 is 64.0. The van der Waals surface area contributed by atoms with Gasteiger partial charge in [-0.1, -0.05) is 25.7 Å². The highest BCUT2D eigenvalue weighted by atomic mass is 32.2. The number of carbonyl (C=O) groups excluding carboxylic acids is 1. The molecule has 1 aromatic carbocycles. The number of unbranched alkanes of at least 4 members (excludes halogenated alkanes) is 5. The van der Waals surface area contributed by atoms with Crippen LogP contribution in [-0.2, 0) is 14.8 Å². The number of nitrogens with zero attached hydrogens (tertiary/aromatic N) is 2. The summed E-state index contributed by atoms with van der Waals surface area (Å²) in [5.41, 5.74) is 2.87. The predicted octanol–water partition coefficient (Wildman–Crippen LogP) is 5.69. The van der Waals surface area contributed by atoms with Crippen molar-refractivity contribution in [1.29, 1.82) is 0 Å². The van der Waals surface area contributed by atoms with Gasteiger partial charge >= 0.3 is 6.18 Å². The Morgan fingerprint density at radius 3 is 2.21 bits per heavy atom. The van der Waals surface area contributed by atoms with Crippen LogP contribution < -0.4 is 10.6 Å². The number of piperidine rings is 1. The van der Waals surface area contributed by atoms with Crippen LogP contribution in [-0.4, -0.2) is 56.3 Å². The van der Waals surface area contributed by atoms with E-state index in [1.54, 1.807) is 6.08 Å². The topological polar surface area (TPSA) is 90.9 Å². The van der Waals surface area contributed by atoms with E-state index in [0.717, 1.165) is 48.1 Å². The minimum atomic E-state index is -4.08. The van der Waals surface area contributed by atoms with E-state index in [4.69, 9.17) is 0 Å². The standard InChI is InChI=1S/C27H39F3N4O3S/c1-20-18-22(31-3)19-21(2)23(20)11-17-38(36,37)34-15-13-26(14-16-34)25(35)32-24(33-26)10-8-6-4-5-7-9-12-27(28,29)30/h11,17-19,31H,4-10,12-16H2,1-3H3,(H,32,33,35)/b17-11+. The van der Waals surface area contributed by atoms with Crippen LogP contribution in [0.4, 0.5) is 18.9 Å². The summed E-state index contributed by atoms with van der Waals surface area (Å²) >= 11 is 0. The van der Waals surface area contributed by atoms with Gasteiger partial charge in [-0.05, 0) is 74.4 Å². The first-order valence-electron chi connectivity index (χ1n) is 13.3. The summed E-state index contributed by atoms with van der Waals surface area (Å²) in [5.74, 6) is 0.447. The Labute approximate surface area is 224 Å². The van der Waals surface area contributed by atoms with Crippen LogP contribution in [0.3, 0.4) is 0 Å². The number of sulfonamides is 1. The van der Waals surface area contributed by atoms with Crippen molar-refractivity contribution < 1.29 is 26.4 Å². The van der Waals surface area contributed by atoms with Gasteiger partial charge in [-0.15, -0.1) is 0 Å². The number of aliphatic imine (C=N–C) groups is 1. The lowest BCUT2D eigenvalue weighted by atomic mass is 9.89. The molecule has 0 aliphatic carbocycles. The molecule has 0 saturated carbocycles. The maximum atomic E-state index is 13.0. The third-order valence-electron chi connectivity index (χ3n) is 7.35. The van der Waals surface area contributed by atoms with E-state index in [0.29, 0.717) is 31.5 Å². The average Bonchev–Trinajstić information content (AvgIpc) is 3.13. The van der Waals surface area contributed by atoms with Crippen LogP contribution in [0.1, 0.15) is 80.9 Å². The molecule has 0 atom stereocenters. The fourth-order valence-corrected chi connectivity index (χ4v) is 6.27. The molecule has 0 radical (unpaired) electrons. The Bertz CT molecular complexity index is 1130. The summed E-state index contributed by atoms with van der Waals surface area (Å²) in [7, 11) is -1.81. The second-order valence-electron chi connectivity index (χ2n) is 10.3. The molecule has 0 bridgehead atoms. The molecule has 0 unspecified atom stereocenters.